The fourth-order valence-corrected chi connectivity index (χ4v) is 4.82. The molecule has 0 bridgehead atoms. The number of benzene rings is 1. The Labute approximate surface area is 144 Å². The second-order valence-corrected chi connectivity index (χ2v) is 8.13. The fraction of sp³-hybridized carbons (Fsp3) is 0.294. The van der Waals surface area contributed by atoms with Crippen LogP contribution in [0, 0.1) is 11.9 Å². The van der Waals surface area contributed by atoms with Gasteiger partial charge in [0.15, 0.2) is 9.84 Å². The van der Waals surface area contributed by atoms with Gasteiger partial charge in [0.2, 0.25) is 11.9 Å². The Kier molecular flexibility index (Phi) is 4.80. The molecule has 25 heavy (non-hydrogen) atoms. The quantitative estimate of drug-likeness (QED) is 0.842. The second-order valence-electron chi connectivity index (χ2n) is 5.91. The van der Waals surface area contributed by atoms with Crippen LogP contribution in [0.4, 0.5) is 14.5 Å². The standard InChI is InChI=1S/C17H16F2N2O3S/c18-15-9-8-14(16(19)21-15)17(22)20-11-4-3-7-13(10-11)25(23,24)12-5-1-2-6-12/h3-4,7-10,12H,1-2,5-6H2,(H,20,22). The van der Waals surface area contributed by atoms with Gasteiger partial charge < -0.3 is 5.32 Å². The number of hydrogen-bond donors (Lipinski definition) is 1. The molecule has 3 rings (SSSR count). The molecule has 1 amide bonds. The number of halogens is 2. The number of hydrogen-bond acceptors (Lipinski definition) is 4. The van der Waals surface area contributed by atoms with Crippen molar-refractivity contribution in [1.82, 2.24) is 4.98 Å². The third-order valence-corrected chi connectivity index (χ3v) is 6.48. The van der Waals surface area contributed by atoms with Crippen molar-refractivity contribution < 1.29 is 22.0 Å². The molecule has 2 aromatic rings. The van der Waals surface area contributed by atoms with E-state index in [9.17, 15) is 22.0 Å². The lowest BCUT2D eigenvalue weighted by Gasteiger charge is -2.12. The maximum absolute atomic E-state index is 13.6. The zero-order valence-corrected chi connectivity index (χ0v) is 14.0. The van der Waals surface area contributed by atoms with Gasteiger partial charge in [0.1, 0.15) is 0 Å². The number of pyridine rings is 1. The Hall–Kier alpha value is -2.35. The average Bonchev–Trinajstić information content (AvgIpc) is 3.10. The van der Waals surface area contributed by atoms with Crippen molar-refractivity contribution in [3.8, 4) is 0 Å². The van der Waals surface area contributed by atoms with E-state index in [1.165, 1.54) is 24.3 Å². The maximum Gasteiger partial charge on any atom is 0.260 e. The SMILES string of the molecule is O=C(Nc1cccc(S(=O)(=O)C2CCCC2)c1)c1ccc(F)nc1F. The largest absolute Gasteiger partial charge is 0.322 e. The van der Waals surface area contributed by atoms with Crippen molar-refractivity contribution in [3.05, 3.63) is 53.9 Å². The summed E-state index contributed by atoms with van der Waals surface area (Å²) < 4.78 is 51.6. The lowest BCUT2D eigenvalue weighted by atomic mass is 10.2. The highest BCUT2D eigenvalue weighted by Gasteiger charge is 2.30. The van der Waals surface area contributed by atoms with Gasteiger partial charge in [0, 0.05) is 5.69 Å². The van der Waals surface area contributed by atoms with Gasteiger partial charge in [-0.05, 0) is 43.2 Å². The molecule has 0 spiro atoms. The summed E-state index contributed by atoms with van der Waals surface area (Å²) in [6.07, 6.45) is 3.03. The Morgan fingerprint density at radius 3 is 2.52 bits per heavy atom. The van der Waals surface area contributed by atoms with Crippen LogP contribution in [0.15, 0.2) is 41.3 Å². The first-order chi connectivity index (χ1) is 11.9. The van der Waals surface area contributed by atoms with Gasteiger partial charge in [-0.3, -0.25) is 4.79 Å². The van der Waals surface area contributed by atoms with Crippen LogP contribution in [0.1, 0.15) is 36.0 Å². The van der Waals surface area contributed by atoms with Crippen LogP contribution in [-0.4, -0.2) is 24.6 Å². The summed E-state index contributed by atoms with van der Waals surface area (Å²) in [5.74, 6) is -3.09. The molecule has 0 atom stereocenters. The first-order valence-electron chi connectivity index (χ1n) is 7.85. The zero-order chi connectivity index (χ0) is 18.0. The number of aromatic nitrogens is 1. The molecular formula is C17H16F2N2O3S. The molecule has 1 aromatic carbocycles. The maximum atomic E-state index is 13.6. The summed E-state index contributed by atoms with van der Waals surface area (Å²) in [6, 6.07) is 7.69. The molecule has 1 heterocycles. The number of rotatable bonds is 4. The smallest absolute Gasteiger partial charge is 0.260 e. The third-order valence-electron chi connectivity index (χ3n) is 4.22. The fourth-order valence-electron chi connectivity index (χ4n) is 2.92. The van der Waals surface area contributed by atoms with Gasteiger partial charge in [0.25, 0.3) is 5.91 Å². The summed E-state index contributed by atoms with van der Waals surface area (Å²) in [5.41, 5.74) is -0.210. The van der Waals surface area contributed by atoms with Gasteiger partial charge in [-0.25, -0.2) is 8.42 Å². The van der Waals surface area contributed by atoms with Crippen molar-refractivity contribution in [2.45, 2.75) is 35.8 Å². The molecule has 0 saturated heterocycles. The van der Waals surface area contributed by atoms with Crippen LogP contribution < -0.4 is 5.32 Å². The number of anilines is 1. The minimum absolute atomic E-state index is 0.120. The lowest BCUT2D eigenvalue weighted by Crippen LogP contribution is -2.19. The van der Waals surface area contributed by atoms with Crippen LogP contribution in [0.5, 0.6) is 0 Å². The topological polar surface area (TPSA) is 76.1 Å². The van der Waals surface area contributed by atoms with E-state index in [2.05, 4.69) is 10.3 Å². The highest BCUT2D eigenvalue weighted by molar-refractivity contribution is 7.92. The molecule has 1 saturated carbocycles. The average molecular weight is 366 g/mol. The highest BCUT2D eigenvalue weighted by Crippen LogP contribution is 2.30. The zero-order valence-electron chi connectivity index (χ0n) is 13.2. The van der Waals surface area contributed by atoms with Crippen molar-refractivity contribution in [2.24, 2.45) is 0 Å². The molecule has 5 nitrogen and oxygen atoms in total. The van der Waals surface area contributed by atoms with Crippen molar-refractivity contribution in [3.63, 3.8) is 0 Å². The number of carbonyl (C=O) groups excluding carboxylic acids is 1. The minimum Gasteiger partial charge on any atom is -0.322 e. The van der Waals surface area contributed by atoms with Crippen molar-refractivity contribution in [2.75, 3.05) is 5.32 Å². The van der Waals surface area contributed by atoms with E-state index < -0.39 is 38.5 Å². The van der Waals surface area contributed by atoms with E-state index in [0.29, 0.717) is 12.8 Å². The summed E-state index contributed by atoms with van der Waals surface area (Å²) in [7, 11) is -3.46. The summed E-state index contributed by atoms with van der Waals surface area (Å²) >= 11 is 0. The van der Waals surface area contributed by atoms with Gasteiger partial charge in [-0.1, -0.05) is 18.9 Å². The molecule has 1 N–H and O–H groups in total. The van der Waals surface area contributed by atoms with E-state index in [1.807, 2.05) is 0 Å². The number of amides is 1. The van der Waals surface area contributed by atoms with Gasteiger partial charge in [-0.2, -0.15) is 13.8 Å². The number of carbonyl (C=O) groups is 1. The van der Waals surface area contributed by atoms with Crippen molar-refractivity contribution >= 4 is 21.4 Å². The van der Waals surface area contributed by atoms with E-state index in [4.69, 9.17) is 0 Å². The summed E-state index contributed by atoms with van der Waals surface area (Å²) in [6.45, 7) is 0. The lowest BCUT2D eigenvalue weighted by molar-refractivity contribution is 0.102. The molecule has 8 heteroatoms. The second kappa shape index (κ2) is 6.87. The van der Waals surface area contributed by atoms with Crippen LogP contribution in [0.3, 0.4) is 0 Å². The summed E-state index contributed by atoms with van der Waals surface area (Å²) in [5, 5.41) is 2.01. The van der Waals surface area contributed by atoms with E-state index >= 15 is 0 Å². The molecule has 0 unspecified atom stereocenters. The molecular weight excluding hydrogens is 350 g/mol. The van der Waals surface area contributed by atoms with E-state index in [-0.39, 0.29) is 10.6 Å². The molecule has 1 fully saturated rings. The van der Waals surface area contributed by atoms with Crippen molar-refractivity contribution in [1.29, 1.82) is 0 Å². The van der Waals surface area contributed by atoms with Crippen LogP contribution in [0.2, 0.25) is 0 Å². The summed E-state index contributed by atoms with van der Waals surface area (Å²) in [4.78, 5) is 15.2. The number of sulfone groups is 1. The Bertz CT molecular complexity index is 910. The minimum atomic E-state index is -3.46. The van der Waals surface area contributed by atoms with Crippen LogP contribution in [-0.2, 0) is 9.84 Å². The van der Waals surface area contributed by atoms with E-state index in [1.54, 1.807) is 0 Å². The Balaban J connectivity index is 1.83. The molecule has 1 aliphatic rings. The molecule has 132 valence electrons. The number of nitrogens with one attached hydrogen (secondary N) is 1. The van der Waals surface area contributed by atoms with E-state index in [0.717, 1.165) is 25.0 Å². The molecule has 0 radical (unpaired) electrons. The Morgan fingerprint density at radius 1 is 1.12 bits per heavy atom. The predicted octanol–water partition coefficient (Wildman–Crippen LogP) is 3.33. The van der Waals surface area contributed by atoms with Gasteiger partial charge in [-0.15, -0.1) is 0 Å². The van der Waals surface area contributed by atoms with Crippen LogP contribution >= 0.6 is 0 Å². The molecule has 0 aliphatic heterocycles. The predicted molar refractivity (Wildman–Crippen MR) is 88.0 cm³/mol. The first-order valence-corrected chi connectivity index (χ1v) is 9.40. The highest BCUT2D eigenvalue weighted by atomic mass is 32.2. The Morgan fingerprint density at radius 2 is 1.84 bits per heavy atom. The monoisotopic (exact) mass is 366 g/mol. The van der Waals surface area contributed by atoms with Gasteiger partial charge in [0.05, 0.1) is 15.7 Å². The molecule has 1 aliphatic carbocycles. The van der Waals surface area contributed by atoms with Gasteiger partial charge >= 0.3 is 0 Å². The normalized spacial score (nSPS) is 15.3. The first kappa shape index (κ1) is 17.5. The molecule has 1 aromatic heterocycles. The third kappa shape index (κ3) is 3.68. The van der Waals surface area contributed by atoms with Crippen LogP contribution in [0.25, 0.3) is 0 Å². The number of nitrogens with zero attached hydrogens (tertiary/aromatic N) is 1.